The third kappa shape index (κ3) is 1.69. The van der Waals surface area contributed by atoms with E-state index >= 15 is 0 Å². The summed E-state index contributed by atoms with van der Waals surface area (Å²) in [6.07, 6.45) is 0.628. The number of ether oxygens (including phenoxy) is 1. The molecule has 106 valence electrons. The van der Waals surface area contributed by atoms with Crippen molar-refractivity contribution in [3.8, 4) is 0 Å². The summed E-state index contributed by atoms with van der Waals surface area (Å²) in [7, 11) is 0. The zero-order valence-electron chi connectivity index (χ0n) is 11.7. The summed E-state index contributed by atoms with van der Waals surface area (Å²) in [5.41, 5.74) is 1.78. The molecule has 4 heteroatoms. The van der Waals surface area contributed by atoms with Gasteiger partial charge in [-0.2, -0.15) is 0 Å². The molecule has 6 atom stereocenters. The van der Waals surface area contributed by atoms with E-state index in [1.54, 1.807) is 0 Å². The molecule has 1 saturated heterocycles. The minimum atomic E-state index is -0.559. The Hall–Kier alpha value is -0.870. The van der Waals surface area contributed by atoms with Gasteiger partial charge in [0.1, 0.15) is 6.10 Å². The van der Waals surface area contributed by atoms with E-state index in [0.29, 0.717) is 12.8 Å². The SMILES string of the molecule is CC1=C2CC3C(CC2(C)C(O)CC1O)OC(=O)C3C. The van der Waals surface area contributed by atoms with Crippen molar-refractivity contribution in [2.75, 3.05) is 0 Å². The van der Waals surface area contributed by atoms with E-state index < -0.39 is 12.2 Å². The number of hydrogen-bond donors (Lipinski definition) is 2. The topological polar surface area (TPSA) is 66.8 Å². The van der Waals surface area contributed by atoms with Gasteiger partial charge in [0.05, 0.1) is 18.1 Å². The Morgan fingerprint density at radius 3 is 2.74 bits per heavy atom. The number of carbonyl (C=O) groups is 1. The average Bonchev–Trinajstić information content (AvgIpc) is 2.61. The van der Waals surface area contributed by atoms with E-state index in [2.05, 4.69) is 0 Å². The van der Waals surface area contributed by atoms with E-state index in [9.17, 15) is 15.0 Å². The Morgan fingerprint density at radius 2 is 2.05 bits per heavy atom. The van der Waals surface area contributed by atoms with Gasteiger partial charge in [-0.05, 0) is 25.3 Å². The maximum atomic E-state index is 11.7. The quantitative estimate of drug-likeness (QED) is 0.514. The van der Waals surface area contributed by atoms with Crippen molar-refractivity contribution in [1.82, 2.24) is 0 Å². The maximum Gasteiger partial charge on any atom is 0.309 e. The van der Waals surface area contributed by atoms with E-state index in [0.717, 1.165) is 17.6 Å². The highest BCUT2D eigenvalue weighted by atomic mass is 16.6. The molecular formula is C15H22O4. The molecule has 3 rings (SSSR count). The van der Waals surface area contributed by atoms with E-state index in [4.69, 9.17) is 4.74 Å². The monoisotopic (exact) mass is 266 g/mol. The molecule has 19 heavy (non-hydrogen) atoms. The van der Waals surface area contributed by atoms with Crippen LogP contribution in [-0.4, -0.2) is 34.5 Å². The van der Waals surface area contributed by atoms with Gasteiger partial charge in [0.25, 0.3) is 0 Å². The number of aliphatic hydroxyl groups excluding tert-OH is 2. The fourth-order valence-electron chi connectivity index (χ4n) is 4.15. The number of rotatable bonds is 0. The normalized spacial score (nSPS) is 49.7. The highest BCUT2D eigenvalue weighted by Crippen LogP contribution is 2.54. The molecule has 2 fully saturated rings. The van der Waals surface area contributed by atoms with Crippen LogP contribution in [0.2, 0.25) is 0 Å². The molecule has 1 saturated carbocycles. The minimum Gasteiger partial charge on any atom is -0.462 e. The molecule has 1 heterocycles. The van der Waals surface area contributed by atoms with Crippen molar-refractivity contribution >= 4 is 5.97 Å². The first kappa shape index (κ1) is 13.1. The Labute approximate surface area is 113 Å². The van der Waals surface area contributed by atoms with Gasteiger partial charge >= 0.3 is 5.97 Å². The second kappa shape index (κ2) is 4.06. The number of aliphatic hydroxyl groups is 2. The second-order valence-electron chi connectivity index (χ2n) is 6.68. The first-order chi connectivity index (χ1) is 8.84. The van der Waals surface area contributed by atoms with Crippen LogP contribution in [-0.2, 0) is 9.53 Å². The van der Waals surface area contributed by atoms with Gasteiger partial charge in [0.2, 0.25) is 0 Å². The van der Waals surface area contributed by atoms with E-state index in [1.165, 1.54) is 0 Å². The summed E-state index contributed by atoms with van der Waals surface area (Å²) in [4.78, 5) is 11.7. The second-order valence-corrected chi connectivity index (χ2v) is 6.68. The molecule has 4 nitrogen and oxygen atoms in total. The van der Waals surface area contributed by atoms with Crippen LogP contribution in [0.15, 0.2) is 11.1 Å². The summed E-state index contributed by atoms with van der Waals surface area (Å²) in [6.45, 7) is 5.91. The van der Waals surface area contributed by atoms with Crippen molar-refractivity contribution in [3.63, 3.8) is 0 Å². The lowest BCUT2D eigenvalue weighted by atomic mass is 9.58. The van der Waals surface area contributed by atoms with Gasteiger partial charge in [-0.15, -0.1) is 0 Å². The van der Waals surface area contributed by atoms with E-state index in [-0.39, 0.29) is 29.3 Å². The molecule has 0 aromatic heterocycles. The summed E-state index contributed by atoms with van der Waals surface area (Å²) >= 11 is 0. The zero-order chi connectivity index (χ0) is 13.9. The standard InChI is InChI=1S/C15H22O4/c1-7-9-4-10-8(2)11(16)5-13(17)15(10,3)6-12(9)19-14(7)18/h7,9,11-13,16-17H,4-6H2,1-3H3. The summed E-state index contributed by atoms with van der Waals surface area (Å²) in [6, 6.07) is 0. The fourth-order valence-corrected chi connectivity index (χ4v) is 4.15. The van der Waals surface area contributed by atoms with Crippen LogP contribution in [0.25, 0.3) is 0 Å². The number of carbonyl (C=O) groups excluding carboxylic acids is 1. The minimum absolute atomic E-state index is 0.0751. The van der Waals surface area contributed by atoms with Gasteiger partial charge in [-0.3, -0.25) is 4.79 Å². The average molecular weight is 266 g/mol. The maximum absolute atomic E-state index is 11.7. The van der Waals surface area contributed by atoms with Crippen LogP contribution < -0.4 is 0 Å². The smallest absolute Gasteiger partial charge is 0.309 e. The molecule has 0 bridgehead atoms. The molecule has 6 unspecified atom stereocenters. The van der Waals surface area contributed by atoms with Gasteiger partial charge < -0.3 is 14.9 Å². The highest BCUT2D eigenvalue weighted by molar-refractivity contribution is 5.75. The van der Waals surface area contributed by atoms with Crippen LogP contribution in [0.5, 0.6) is 0 Å². The summed E-state index contributed by atoms with van der Waals surface area (Å²) in [5, 5.41) is 20.4. The first-order valence-corrected chi connectivity index (χ1v) is 7.11. The molecule has 2 aliphatic carbocycles. The van der Waals surface area contributed by atoms with Gasteiger partial charge in [0.15, 0.2) is 0 Å². The summed E-state index contributed by atoms with van der Waals surface area (Å²) in [5.74, 6) is -0.000347. The van der Waals surface area contributed by atoms with Crippen molar-refractivity contribution in [2.24, 2.45) is 17.3 Å². The zero-order valence-corrected chi connectivity index (χ0v) is 11.7. The molecule has 2 N–H and O–H groups in total. The lowest BCUT2D eigenvalue weighted by Crippen LogP contribution is -2.49. The lowest BCUT2D eigenvalue weighted by molar-refractivity contribution is -0.145. The predicted molar refractivity (Wildman–Crippen MR) is 69.2 cm³/mol. The predicted octanol–water partition coefficient (Wildman–Crippen LogP) is 1.41. The summed E-state index contributed by atoms with van der Waals surface area (Å²) < 4.78 is 5.47. The third-order valence-corrected chi connectivity index (χ3v) is 5.67. The third-order valence-electron chi connectivity index (χ3n) is 5.67. The van der Waals surface area contributed by atoms with Crippen molar-refractivity contribution in [3.05, 3.63) is 11.1 Å². The molecule has 0 amide bonds. The van der Waals surface area contributed by atoms with Crippen LogP contribution in [0.1, 0.15) is 40.0 Å². The lowest BCUT2D eigenvalue weighted by Gasteiger charge is -2.49. The van der Waals surface area contributed by atoms with Gasteiger partial charge in [-0.1, -0.05) is 19.4 Å². The Balaban J connectivity index is 2.01. The molecule has 0 aromatic carbocycles. The Kier molecular flexibility index (Phi) is 2.81. The van der Waals surface area contributed by atoms with Gasteiger partial charge in [0, 0.05) is 17.8 Å². The van der Waals surface area contributed by atoms with Crippen LogP contribution >= 0.6 is 0 Å². The first-order valence-electron chi connectivity index (χ1n) is 7.11. The van der Waals surface area contributed by atoms with E-state index in [1.807, 2.05) is 20.8 Å². The molecule has 0 spiro atoms. The largest absolute Gasteiger partial charge is 0.462 e. The number of fused-ring (bicyclic) bond motifs is 2. The van der Waals surface area contributed by atoms with Crippen molar-refractivity contribution in [2.45, 2.75) is 58.3 Å². The molecule has 0 radical (unpaired) electrons. The van der Waals surface area contributed by atoms with Crippen LogP contribution in [0, 0.1) is 17.3 Å². The van der Waals surface area contributed by atoms with Gasteiger partial charge in [-0.25, -0.2) is 0 Å². The molecular weight excluding hydrogens is 244 g/mol. The number of hydrogen-bond acceptors (Lipinski definition) is 4. The Morgan fingerprint density at radius 1 is 1.37 bits per heavy atom. The molecule has 1 aliphatic heterocycles. The Bertz CT molecular complexity index is 455. The van der Waals surface area contributed by atoms with Crippen LogP contribution in [0.4, 0.5) is 0 Å². The fraction of sp³-hybridized carbons (Fsp3) is 0.800. The number of esters is 1. The van der Waals surface area contributed by atoms with Crippen molar-refractivity contribution in [1.29, 1.82) is 0 Å². The van der Waals surface area contributed by atoms with Crippen LogP contribution in [0.3, 0.4) is 0 Å². The molecule has 3 aliphatic rings. The highest BCUT2D eigenvalue weighted by Gasteiger charge is 2.55. The van der Waals surface area contributed by atoms with Crippen molar-refractivity contribution < 1.29 is 19.7 Å². The molecule has 0 aromatic rings.